The van der Waals surface area contributed by atoms with E-state index in [1.165, 1.54) is 31.3 Å². The predicted octanol–water partition coefficient (Wildman–Crippen LogP) is 4.10. The molecule has 8 nitrogen and oxygen atoms in total. The monoisotopic (exact) mass is 511 g/mol. The Bertz CT molecular complexity index is 1240. The van der Waals surface area contributed by atoms with Crippen LogP contribution in [0.2, 0.25) is 5.02 Å². The largest absolute Gasteiger partial charge is 0.351 e. The Hall–Kier alpha value is -3.56. The van der Waals surface area contributed by atoms with Crippen molar-refractivity contribution in [3.05, 3.63) is 82.1 Å². The number of anilines is 1. The van der Waals surface area contributed by atoms with E-state index in [0.29, 0.717) is 17.8 Å². The SMILES string of the molecule is O=C(Cc1ccc(NC(=O)c2nc[nH]c2C(=O)NCCCN2CCCC2)cc1)c1ccc(F)cc1Cl. The molecule has 188 valence electrons. The highest BCUT2D eigenvalue weighted by atomic mass is 35.5. The summed E-state index contributed by atoms with van der Waals surface area (Å²) >= 11 is 5.97. The number of hydrogen-bond donors (Lipinski definition) is 3. The Kier molecular flexibility index (Phi) is 8.45. The fraction of sp³-hybridized carbons (Fsp3) is 0.308. The average molecular weight is 512 g/mol. The number of nitrogens with zero attached hydrogens (tertiary/aromatic N) is 2. The summed E-state index contributed by atoms with van der Waals surface area (Å²) in [5.74, 6) is -1.66. The molecule has 3 aromatic rings. The molecule has 10 heteroatoms. The van der Waals surface area contributed by atoms with E-state index >= 15 is 0 Å². The number of benzene rings is 2. The number of imidazole rings is 1. The molecule has 0 saturated carbocycles. The molecule has 2 heterocycles. The van der Waals surface area contributed by atoms with Crippen molar-refractivity contribution < 1.29 is 18.8 Å². The molecule has 2 amide bonds. The molecule has 0 atom stereocenters. The van der Waals surface area contributed by atoms with Gasteiger partial charge in [-0.05, 0) is 74.8 Å². The number of Topliss-reactive ketones (excluding diaryl/α,β-unsaturated/α-hetero) is 1. The Labute approximate surface area is 213 Å². The molecule has 1 aliphatic heterocycles. The zero-order chi connectivity index (χ0) is 25.5. The van der Waals surface area contributed by atoms with Crippen LogP contribution in [0.15, 0.2) is 48.8 Å². The highest BCUT2D eigenvalue weighted by molar-refractivity contribution is 6.34. The van der Waals surface area contributed by atoms with Gasteiger partial charge in [0.1, 0.15) is 11.5 Å². The van der Waals surface area contributed by atoms with Crippen molar-refractivity contribution in [1.29, 1.82) is 0 Å². The number of hydrogen-bond acceptors (Lipinski definition) is 5. The number of carbonyl (C=O) groups excluding carboxylic acids is 3. The molecular weight excluding hydrogens is 485 g/mol. The fourth-order valence-corrected chi connectivity index (χ4v) is 4.40. The van der Waals surface area contributed by atoms with Crippen molar-refractivity contribution in [3.8, 4) is 0 Å². The molecule has 1 fully saturated rings. The van der Waals surface area contributed by atoms with Gasteiger partial charge in [0, 0.05) is 24.2 Å². The third-order valence-electron chi connectivity index (χ3n) is 6.02. The molecule has 0 radical (unpaired) electrons. The van der Waals surface area contributed by atoms with Crippen molar-refractivity contribution in [3.63, 3.8) is 0 Å². The Morgan fingerprint density at radius 2 is 1.81 bits per heavy atom. The second-order valence-corrected chi connectivity index (χ2v) is 9.07. The lowest BCUT2D eigenvalue weighted by molar-refractivity contribution is 0.0933. The van der Waals surface area contributed by atoms with E-state index < -0.39 is 11.7 Å². The normalized spacial score (nSPS) is 13.5. The van der Waals surface area contributed by atoms with E-state index in [0.717, 1.165) is 32.1 Å². The highest BCUT2D eigenvalue weighted by Gasteiger charge is 2.21. The summed E-state index contributed by atoms with van der Waals surface area (Å²) in [4.78, 5) is 46.9. The van der Waals surface area contributed by atoms with Crippen LogP contribution in [0.1, 0.15) is 56.2 Å². The van der Waals surface area contributed by atoms with Crippen LogP contribution in [0.3, 0.4) is 0 Å². The van der Waals surface area contributed by atoms with Gasteiger partial charge >= 0.3 is 0 Å². The molecule has 0 aliphatic carbocycles. The quantitative estimate of drug-likeness (QED) is 0.281. The van der Waals surface area contributed by atoms with E-state index in [1.807, 2.05) is 0 Å². The first-order chi connectivity index (χ1) is 17.4. The number of H-pyrrole nitrogens is 1. The number of aromatic amines is 1. The van der Waals surface area contributed by atoms with Gasteiger partial charge in [-0.2, -0.15) is 0 Å². The molecule has 4 rings (SSSR count). The first kappa shape index (κ1) is 25.5. The van der Waals surface area contributed by atoms with Crippen LogP contribution in [0, 0.1) is 5.82 Å². The summed E-state index contributed by atoms with van der Waals surface area (Å²) in [5.41, 5.74) is 1.53. The lowest BCUT2D eigenvalue weighted by Gasteiger charge is -2.14. The summed E-state index contributed by atoms with van der Waals surface area (Å²) in [6.07, 6.45) is 4.67. The van der Waals surface area contributed by atoms with Crippen molar-refractivity contribution in [2.45, 2.75) is 25.7 Å². The summed E-state index contributed by atoms with van der Waals surface area (Å²) in [6.45, 7) is 3.67. The van der Waals surface area contributed by atoms with E-state index in [-0.39, 0.29) is 40.1 Å². The van der Waals surface area contributed by atoms with Gasteiger partial charge < -0.3 is 20.5 Å². The van der Waals surface area contributed by atoms with Gasteiger partial charge in [0.25, 0.3) is 11.8 Å². The molecule has 0 spiro atoms. The summed E-state index contributed by atoms with van der Waals surface area (Å²) < 4.78 is 13.2. The lowest BCUT2D eigenvalue weighted by Crippen LogP contribution is -2.30. The van der Waals surface area contributed by atoms with Gasteiger partial charge in [0.2, 0.25) is 0 Å². The van der Waals surface area contributed by atoms with Crippen LogP contribution in [0.4, 0.5) is 10.1 Å². The smallest absolute Gasteiger partial charge is 0.276 e. The van der Waals surface area contributed by atoms with Crippen molar-refractivity contribution in [1.82, 2.24) is 20.2 Å². The van der Waals surface area contributed by atoms with Crippen LogP contribution in [0.25, 0.3) is 0 Å². The predicted molar refractivity (Wildman–Crippen MR) is 135 cm³/mol. The number of carbonyl (C=O) groups is 3. The number of rotatable bonds is 10. The topological polar surface area (TPSA) is 107 Å². The van der Waals surface area contributed by atoms with Crippen molar-refractivity contribution >= 4 is 34.9 Å². The first-order valence-corrected chi connectivity index (χ1v) is 12.2. The molecule has 3 N–H and O–H groups in total. The van der Waals surface area contributed by atoms with Crippen LogP contribution in [-0.2, 0) is 6.42 Å². The van der Waals surface area contributed by atoms with Crippen LogP contribution < -0.4 is 10.6 Å². The lowest BCUT2D eigenvalue weighted by atomic mass is 10.0. The van der Waals surface area contributed by atoms with Crippen LogP contribution >= 0.6 is 11.6 Å². The van der Waals surface area contributed by atoms with Gasteiger partial charge in [-0.25, -0.2) is 9.37 Å². The van der Waals surface area contributed by atoms with Gasteiger partial charge in [-0.1, -0.05) is 23.7 Å². The number of ketones is 1. The fourth-order valence-electron chi connectivity index (χ4n) is 4.13. The summed E-state index contributed by atoms with van der Waals surface area (Å²) in [5, 5.41) is 5.62. The molecule has 2 aromatic carbocycles. The Morgan fingerprint density at radius 3 is 2.53 bits per heavy atom. The number of halogens is 2. The number of aromatic nitrogens is 2. The average Bonchev–Trinajstić information content (AvgIpc) is 3.55. The van der Waals surface area contributed by atoms with Crippen LogP contribution in [-0.4, -0.2) is 58.6 Å². The van der Waals surface area contributed by atoms with Gasteiger partial charge in [0.05, 0.1) is 11.3 Å². The number of amides is 2. The maximum Gasteiger partial charge on any atom is 0.276 e. The summed E-state index contributed by atoms with van der Waals surface area (Å²) in [6, 6.07) is 10.4. The van der Waals surface area contributed by atoms with Crippen LogP contribution in [0.5, 0.6) is 0 Å². The first-order valence-electron chi connectivity index (χ1n) is 11.8. The highest BCUT2D eigenvalue weighted by Crippen LogP contribution is 2.20. The number of likely N-dealkylation sites (tertiary alicyclic amines) is 1. The third-order valence-corrected chi connectivity index (χ3v) is 6.34. The molecule has 1 saturated heterocycles. The molecule has 0 unspecified atom stereocenters. The van der Waals surface area contributed by atoms with Crippen molar-refractivity contribution in [2.24, 2.45) is 0 Å². The van der Waals surface area contributed by atoms with Gasteiger partial charge in [-0.15, -0.1) is 0 Å². The minimum atomic E-state index is -0.527. The van der Waals surface area contributed by atoms with E-state index in [9.17, 15) is 18.8 Å². The third kappa shape index (κ3) is 6.56. The zero-order valence-electron chi connectivity index (χ0n) is 19.7. The van der Waals surface area contributed by atoms with E-state index in [1.54, 1.807) is 24.3 Å². The van der Waals surface area contributed by atoms with E-state index in [2.05, 4.69) is 25.5 Å². The minimum Gasteiger partial charge on any atom is -0.351 e. The molecule has 1 aliphatic rings. The minimum absolute atomic E-state index is 0.00255. The number of nitrogens with one attached hydrogen (secondary N) is 3. The second kappa shape index (κ2) is 11.9. The molecule has 36 heavy (non-hydrogen) atoms. The maximum atomic E-state index is 13.2. The zero-order valence-corrected chi connectivity index (χ0v) is 20.4. The standard InChI is InChI=1S/C26H27ClFN5O3/c27-21-15-18(28)6-9-20(21)22(34)14-17-4-7-19(8-5-17)32-26(36)24-23(30-16-31-24)25(35)29-10-3-13-33-11-1-2-12-33/h4-9,15-16H,1-3,10-14H2,(H,29,35)(H,30,31)(H,32,36). The Balaban J connectivity index is 1.30. The van der Waals surface area contributed by atoms with Crippen molar-refractivity contribution in [2.75, 3.05) is 31.5 Å². The maximum absolute atomic E-state index is 13.2. The molecular formula is C26H27ClFN5O3. The van der Waals surface area contributed by atoms with Gasteiger partial charge in [-0.3, -0.25) is 14.4 Å². The molecule has 1 aromatic heterocycles. The summed E-state index contributed by atoms with van der Waals surface area (Å²) in [7, 11) is 0. The van der Waals surface area contributed by atoms with Gasteiger partial charge in [0.15, 0.2) is 11.5 Å². The Morgan fingerprint density at radius 1 is 1.06 bits per heavy atom. The second-order valence-electron chi connectivity index (χ2n) is 8.66. The van der Waals surface area contributed by atoms with E-state index in [4.69, 9.17) is 11.6 Å². The molecule has 0 bridgehead atoms.